The van der Waals surface area contributed by atoms with E-state index in [9.17, 15) is 0 Å². The van der Waals surface area contributed by atoms with Crippen molar-refractivity contribution in [3.8, 4) is 5.75 Å². The molecule has 0 atom stereocenters. The molecule has 4 heteroatoms. The van der Waals surface area contributed by atoms with Crippen molar-refractivity contribution in [3.63, 3.8) is 0 Å². The van der Waals surface area contributed by atoms with Gasteiger partial charge in [-0.1, -0.05) is 15.9 Å². The number of likely N-dealkylation sites (tertiary alicyclic amines) is 1. The number of benzene rings is 1. The molecule has 1 heterocycles. The quantitative estimate of drug-likeness (QED) is 0.814. The number of piperidine rings is 1. The maximum absolute atomic E-state index is 5.80. The van der Waals surface area contributed by atoms with E-state index < -0.39 is 0 Å². The van der Waals surface area contributed by atoms with Gasteiger partial charge < -0.3 is 10.1 Å². The summed E-state index contributed by atoms with van der Waals surface area (Å²) in [5.74, 6) is 1.84. The molecular weight excluding hydrogens is 328 g/mol. The zero-order valence-corrected chi connectivity index (χ0v) is 14.1. The van der Waals surface area contributed by atoms with E-state index in [4.69, 9.17) is 4.74 Å². The number of halogens is 1. The van der Waals surface area contributed by atoms with Gasteiger partial charge in [0.2, 0.25) is 0 Å². The predicted molar refractivity (Wildman–Crippen MR) is 89.8 cm³/mol. The van der Waals surface area contributed by atoms with Gasteiger partial charge in [0.25, 0.3) is 0 Å². The van der Waals surface area contributed by atoms with Crippen molar-refractivity contribution < 1.29 is 4.74 Å². The smallest absolute Gasteiger partial charge is 0.119 e. The summed E-state index contributed by atoms with van der Waals surface area (Å²) in [5, 5.41) is 3.66. The van der Waals surface area contributed by atoms with Gasteiger partial charge in [-0.3, -0.25) is 4.90 Å². The van der Waals surface area contributed by atoms with Crippen LogP contribution in [-0.2, 0) is 0 Å². The van der Waals surface area contributed by atoms with Crippen LogP contribution in [0.5, 0.6) is 5.75 Å². The molecule has 1 aliphatic carbocycles. The van der Waals surface area contributed by atoms with Crippen molar-refractivity contribution >= 4 is 15.9 Å². The minimum Gasteiger partial charge on any atom is -0.492 e. The first-order valence-electron chi connectivity index (χ1n) is 8.14. The van der Waals surface area contributed by atoms with Crippen LogP contribution in [0.4, 0.5) is 0 Å². The van der Waals surface area contributed by atoms with Gasteiger partial charge in [-0.25, -0.2) is 0 Å². The minimum atomic E-state index is 0.784. The molecule has 1 aromatic rings. The van der Waals surface area contributed by atoms with Crippen LogP contribution in [0.15, 0.2) is 28.7 Å². The van der Waals surface area contributed by atoms with Crippen LogP contribution in [0, 0.1) is 5.92 Å². The van der Waals surface area contributed by atoms with Gasteiger partial charge in [0.1, 0.15) is 12.4 Å². The summed E-state index contributed by atoms with van der Waals surface area (Å²) >= 11 is 3.44. The summed E-state index contributed by atoms with van der Waals surface area (Å²) in [6, 6.07) is 8.92. The molecule has 2 fully saturated rings. The number of rotatable bonds is 7. The fraction of sp³-hybridized carbons (Fsp3) is 0.647. The highest BCUT2D eigenvalue weighted by Crippen LogP contribution is 2.22. The van der Waals surface area contributed by atoms with Crippen LogP contribution in [0.25, 0.3) is 0 Å². The first kappa shape index (κ1) is 15.3. The summed E-state index contributed by atoms with van der Waals surface area (Å²) in [6.07, 6.45) is 5.45. The van der Waals surface area contributed by atoms with E-state index in [2.05, 4.69) is 26.1 Å². The molecule has 3 nitrogen and oxygen atoms in total. The van der Waals surface area contributed by atoms with Gasteiger partial charge in [-0.15, -0.1) is 0 Å². The third kappa shape index (κ3) is 5.28. The van der Waals surface area contributed by atoms with E-state index in [1.54, 1.807) is 0 Å². The molecule has 0 aromatic heterocycles. The maximum Gasteiger partial charge on any atom is 0.119 e. The number of nitrogens with zero attached hydrogens (tertiary/aromatic N) is 1. The molecule has 1 saturated heterocycles. The second-order valence-corrected chi connectivity index (χ2v) is 7.19. The zero-order chi connectivity index (χ0) is 14.5. The van der Waals surface area contributed by atoms with Gasteiger partial charge >= 0.3 is 0 Å². The molecule has 0 amide bonds. The van der Waals surface area contributed by atoms with Crippen LogP contribution in [0.1, 0.15) is 25.7 Å². The Morgan fingerprint density at radius 2 is 1.81 bits per heavy atom. The monoisotopic (exact) mass is 352 g/mol. The second-order valence-electron chi connectivity index (χ2n) is 6.27. The molecule has 0 bridgehead atoms. The molecule has 1 N–H and O–H groups in total. The minimum absolute atomic E-state index is 0.784. The van der Waals surface area contributed by atoms with E-state index in [-0.39, 0.29) is 0 Å². The average molecular weight is 353 g/mol. The summed E-state index contributed by atoms with van der Waals surface area (Å²) in [5.41, 5.74) is 0. The molecule has 116 valence electrons. The van der Waals surface area contributed by atoms with E-state index >= 15 is 0 Å². The topological polar surface area (TPSA) is 24.5 Å². The first-order valence-corrected chi connectivity index (χ1v) is 8.93. The molecule has 3 rings (SSSR count). The lowest BCUT2D eigenvalue weighted by Crippen LogP contribution is -2.39. The highest BCUT2D eigenvalue weighted by atomic mass is 79.9. The van der Waals surface area contributed by atoms with Crippen LogP contribution in [0.2, 0.25) is 0 Å². The molecule has 0 unspecified atom stereocenters. The Hall–Kier alpha value is -0.580. The van der Waals surface area contributed by atoms with Crippen molar-refractivity contribution in [2.45, 2.75) is 31.7 Å². The SMILES string of the molecule is Brc1ccc(OCCN2CCC(CNC3CC3)CC2)cc1. The predicted octanol–water partition coefficient (Wildman–Crippen LogP) is 3.29. The number of nitrogens with one attached hydrogen (secondary N) is 1. The fourth-order valence-electron chi connectivity index (χ4n) is 2.86. The van der Waals surface area contributed by atoms with E-state index in [0.717, 1.165) is 35.3 Å². The van der Waals surface area contributed by atoms with Gasteiger partial charge in [-0.2, -0.15) is 0 Å². The van der Waals surface area contributed by atoms with E-state index in [0.29, 0.717) is 0 Å². The van der Waals surface area contributed by atoms with Crippen LogP contribution in [0.3, 0.4) is 0 Å². The highest BCUT2D eigenvalue weighted by molar-refractivity contribution is 9.10. The number of ether oxygens (including phenoxy) is 1. The van der Waals surface area contributed by atoms with Crippen molar-refractivity contribution in [2.75, 3.05) is 32.8 Å². The van der Waals surface area contributed by atoms with Gasteiger partial charge in [0.15, 0.2) is 0 Å². The normalized spacial score (nSPS) is 20.6. The Bertz CT molecular complexity index is 425. The van der Waals surface area contributed by atoms with E-state index in [1.807, 2.05) is 24.3 Å². The van der Waals surface area contributed by atoms with Crippen LogP contribution in [-0.4, -0.2) is 43.7 Å². The summed E-state index contributed by atoms with van der Waals surface area (Å²) in [4.78, 5) is 2.53. The Balaban J connectivity index is 1.29. The van der Waals surface area contributed by atoms with Crippen LogP contribution < -0.4 is 10.1 Å². The van der Waals surface area contributed by atoms with Gasteiger partial charge in [-0.05, 0) is 75.5 Å². The largest absolute Gasteiger partial charge is 0.492 e. The van der Waals surface area contributed by atoms with Gasteiger partial charge in [0.05, 0.1) is 0 Å². The van der Waals surface area contributed by atoms with Crippen molar-refractivity contribution in [1.29, 1.82) is 0 Å². The van der Waals surface area contributed by atoms with Gasteiger partial charge in [0, 0.05) is 17.1 Å². The van der Waals surface area contributed by atoms with Crippen molar-refractivity contribution in [1.82, 2.24) is 10.2 Å². The number of hydrogen-bond donors (Lipinski definition) is 1. The van der Waals surface area contributed by atoms with Crippen LogP contribution >= 0.6 is 15.9 Å². The summed E-state index contributed by atoms with van der Waals surface area (Å²) < 4.78 is 6.90. The number of hydrogen-bond acceptors (Lipinski definition) is 3. The standard InChI is InChI=1S/C17H25BrN2O/c18-15-1-5-17(6-2-15)21-12-11-20-9-7-14(8-10-20)13-19-16-3-4-16/h1-2,5-6,14,16,19H,3-4,7-13H2. The maximum atomic E-state index is 5.80. The second kappa shape index (κ2) is 7.61. The Labute approximate surface area is 136 Å². The Morgan fingerprint density at radius 3 is 2.48 bits per heavy atom. The third-order valence-electron chi connectivity index (χ3n) is 4.47. The lowest BCUT2D eigenvalue weighted by atomic mass is 9.97. The Kier molecular flexibility index (Phi) is 5.55. The lowest BCUT2D eigenvalue weighted by molar-refractivity contribution is 0.154. The molecule has 1 aromatic carbocycles. The first-order chi connectivity index (χ1) is 10.3. The lowest BCUT2D eigenvalue weighted by Gasteiger charge is -2.32. The molecule has 0 radical (unpaired) electrons. The Morgan fingerprint density at radius 1 is 1.10 bits per heavy atom. The fourth-order valence-corrected chi connectivity index (χ4v) is 3.12. The highest BCUT2D eigenvalue weighted by Gasteiger charge is 2.24. The molecular formula is C17H25BrN2O. The summed E-state index contributed by atoms with van der Waals surface area (Å²) in [7, 11) is 0. The zero-order valence-electron chi connectivity index (χ0n) is 12.6. The van der Waals surface area contributed by atoms with E-state index in [1.165, 1.54) is 45.3 Å². The average Bonchev–Trinajstić information content (AvgIpc) is 3.33. The third-order valence-corrected chi connectivity index (χ3v) is 5.00. The molecule has 0 spiro atoms. The summed E-state index contributed by atoms with van der Waals surface area (Å²) in [6.45, 7) is 5.50. The molecule has 1 aliphatic heterocycles. The van der Waals surface area contributed by atoms with Crippen molar-refractivity contribution in [2.24, 2.45) is 5.92 Å². The molecule has 21 heavy (non-hydrogen) atoms. The molecule has 1 saturated carbocycles. The molecule has 2 aliphatic rings. The van der Waals surface area contributed by atoms with Crippen molar-refractivity contribution in [3.05, 3.63) is 28.7 Å².